The molecule has 0 aliphatic rings. The van der Waals surface area contributed by atoms with E-state index in [0.29, 0.717) is 44.8 Å². The molecule has 1 N–H and O–H groups in total. The number of amides is 2. The number of nitrogens with one attached hydrogen (secondary N) is 1. The Labute approximate surface area is 250 Å². The lowest BCUT2D eigenvalue weighted by atomic mass is 9.99. The Kier molecular flexibility index (Phi) is 10.5. The maximum atomic E-state index is 14.1. The summed E-state index contributed by atoms with van der Waals surface area (Å²) in [6.45, 7) is 4.50. The zero-order valence-electron chi connectivity index (χ0n) is 22.9. The van der Waals surface area contributed by atoms with Crippen LogP contribution >= 0.6 is 23.2 Å². The summed E-state index contributed by atoms with van der Waals surface area (Å²) in [4.78, 5) is 38.4. The molecule has 2 amide bonds. The highest BCUT2D eigenvalue weighted by Gasteiger charge is 2.35. The molecule has 208 valence electrons. The van der Waals surface area contributed by atoms with Gasteiger partial charge in [-0.3, -0.25) is 14.5 Å². The highest BCUT2D eigenvalue weighted by Crippen LogP contribution is 2.35. The van der Waals surface area contributed by atoms with Crippen LogP contribution in [0.4, 0.5) is 17.1 Å². The van der Waals surface area contributed by atoms with Crippen LogP contribution in [0.5, 0.6) is 0 Å². The number of carbonyl (C=O) groups is 2. The van der Waals surface area contributed by atoms with E-state index >= 15 is 0 Å². The zero-order chi connectivity index (χ0) is 29.2. The molecule has 0 saturated carbocycles. The third-order valence-corrected chi connectivity index (χ3v) is 6.84. The second-order valence-electron chi connectivity index (χ2n) is 9.43. The number of anilines is 1. The molecule has 0 aromatic heterocycles. The Bertz CT molecular complexity index is 1560. The third-order valence-electron chi connectivity index (χ3n) is 6.33. The van der Waals surface area contributed by atoms with Crippen molar-refractivity contribution >= 4 is 58.1 Å². The second kappa shape index (κ2) is 14.4. The van der Waals surface area contributed by atoms with Gasteiger partial charge in [0.1, 0.15) is 12.1 Å². The van der Waals surface area contributed by atoms with Gasteiger partial charge in [0.15, 0.2) is 0 Å². The first-order valence-corrected chi connectivity index (χ1v) is 14.1. The van der Waals surface area contributed by atoms with Crippen LogP contribution in [0.25, 0.3) is 0 Å². The molecular formula is C33H30Cl2N4O2. The van der Waals surface area contributed by atoms with Gasteiger partial charge in [-0.15, -0.1) is 0 Å². The summed E-state index contributed by atoms with van der Waals surface area (Å²) < 4.78 is 0. The summed E-state index contributed by atoms with van der Waals surface area (Å²) in [6, 6.07) is 29.9. The van der Waals surface area contributed by atoms with Crippen LogP contribution in [0.2, 0.25) is 10.0 Å². The van der Waals surface area contributed by atoms with Crippen molar-refractivity contribution in [2.24, 2.45) is 9.98 Å². The third kappa shape index (κ3) is 7.92. The molecule has 0 bridgehead atoms. The summed E-state index contributed by atoms with van der Waals surface area (Å²) in [6.07, 6.45) is 1.71. The van der Waals surface area contributed by atoms with Crippen molar-refractivity contribution in [3.63, 3.8) is 0 Å². The lowest BCUT2D eigenvalue weighted by molar-refractivity contribution is -0.122. The molecule has 0 aliphatic carbocycles. The number of rotatable bonds is 10. The molecule has 4 aromatic carbocycles. The van der Waals surface area contributed by atoms with Crippen molar-refractivity contribution in [1.29, 1.82) is 0 Å². The van der Waals surface area contributed by atoms with Crippen molar-refractivity contribution < 1.29 is 9.59 Å². The largest absolute Gasteiger partial charge is 0.354 e. The van der Waals surface area contributed by atoms with E-state index in [1.807, 2.05) is 50.2 Å². The quantitative estimate of drug-likeness (QED) is 0.149. The molecule has 6 nitrogen and oxygen atoms in total. The van der Waals surface area contributed by atoms with E-state index in [-0.39, 0.29) is 11.8 Å². The molecule has 0 radical (unpaired) electrons. The van der Waals surface area contributed by atoms with Gasteiger partial charge in [-0.2, -0.15) is 9.98 Å². The van der Waals surface area contributed by atoms with E-state index in [1.165, 1.54) is 4.90 Å². The maximum absolute atomic E-state index is 14.1. The molecular weight excluding hydrogens is 555 g/mol. The summed E-state index contributed by atoms with van der Waals surface area (Å²) in [5.41, 5.74) is 3.63. The molecule has 4 aromatic rings. The Morgan fingerprint density at radius 3 is 2.24 bits per heavy atom. The summed E-state index contributed by atoms with van der Waals surface area (Å²) in [7, 11) is 0. The molecule has 0 fully saturated rings. The number of benzene rings is 4. The number of aryl methyl sites for hydroxylation is 1. The molecule has 8 heteroatoms. The van der Waals surface area contributed by atoms with E-state index in [0.717, 1.165) is 18.4 Å². The molecule has 41 heavy (non-hydrogen) atoms. The number of unbranched alkanes of at least 4 members (excludes halogenated alkanes) is 1. The minimum Gasteiger partial charge on any atom is -0.354 e. The van der Waals surface area contributed by atoms with Gasteiger partial charge in [0, 0.05) is 33.4 Å². The smallest absolute Gasteiger partial charge is 0.259 e. The van der Waals surface area contributed by atoms with Crippen molar-refractivity contribution in [3.8, 4) is 0 Å². The predicted molar refractivity (Wildman–Crippen MR) is 167 cm³/mol. The minimum atomic E-state index is -1.06. The van der Waals surface area contributed by atoms with Crippen LogP contribution in [-0.4, -0.2) is 24.4 Å². The van der Waals surface area contributed by atoms with Gasteiger partial charge >= 0.3 is 0 Å². The molecule has 4 rings (SSSR count). The van der Waals surface area contributed by atoms with E-state index in [4.69, 9.17) is 23.2 Å². The molecule has 0 heterocycles. The van der Waals surface area contributed by atoms with E-state index in [9.17, 15) is 9.59 Å². The Morgan fingerprint density at radius 1 is 0.878 bits per heavy atom. The number of aliphatic imine (C=N–C) groups is 2. The summed E-state index contributed by atoms with van der Waals surface area (Å²) >= 11 is 12.3. The predicted octanol–water partition coefficient (Wildman–Crippen LogP) is 8.74. The number of carbonyl (C=O) groups excluding carboxylic acids is 2. The van der Waals surface area contributed by atoms with Crippen LogP contribution in [0.3, 0.4) is 0 Å². The Morgan fingerprint density at radius 2 is 1.56 bits per heavy atom. The van der Waals surface area contributed by atoms with Crippen LogP contribution in [0.1, 0.15) is 47.3 Å². The van der Waals surface area contributed by atoms with Crippen LogP contribution in [-0.2, 0) is 4.79 Å². The average molecular weight is 586 g/mol. The van der Waals surface area contributed by atoms with Gasteiger partial charge in [0.05, 0.1) is 11.4 Å². The van der Waals surface area contributed by atoms with Gasteiger partial charge in [-0.05, 0) is 85.6 Å². The zero-order valence-corrected chi connectivity index (χ0v) is 24.4. The van der Waals surface area contributed by atoms with E-state index in [1.54, 1.807) is 60.7 Å². The molecule has 1 unspecified atom stereocenters. The van der Waals surface area contributed by atoms with Crippen molar-refractivity contribution in [1.82, 2.24) is 5.32 Å². The first kappa shape index (κ1) is 29.8. The van der Waals surface area contributed by atoms with Crippen molar-refractivity contribution in [3.05, 3.63) is 124 Å². The number of para-hydroxylation sites is 1. The molecule has 0 spiro atoms. The van der Waals surface area contributed by atoms with Crippen molar-refractivity contribution in [2.75, 3.05) is 11.4 Å². The minimum absolute atomic E-state index is 0.339. The van der Waals surface area contributed by atoms with Gasteiger partial charge < -0.3 is 5.32 Å². The fourth-order valence-electron chi connectivity index (χ4n) is 4.25. The number of nitrogens with zero attached hydrogens (tertiary/aromatic N) is 3. The lowest BCUT2D eigenvalue weighted by Crippen LogP contribution is -2.44. The first-order valence-electron chi connectivity index (χ1n) is 13.3. The first-order chi connectivity index (χ1) is 19.9. The normalized spacial score (nSPS) is 11.2. The fourth-order valence-corrected chi connectivity index (χ4v) is 4.51. The number of hydrogen-bond donors (Lipinski definition) is 1. The summed E-state index contributed by atoms with van der Waals surface area (Å²) in [5.74, 6) is -0.721. The monoisotopic (exact) mass is 584 g/mol. The van der Waals surface area contributed by atoms with E-state index in [2.05, 4.69) is 21.3 Å². The summed E-state index contributed by atoms with van der Waals surface area (Å²) in [5, 5.41) is 4.02. The Balaban J connectivity index is 1.86. The second-order valence-corrected chi connectivity index (χ2v) is 10.3. The molecule has 0 aliphatic heterocycles. The highest BCUT2D eigenvalue weighted by atomic mass is 35.5. The van der Waals surface area contributed by atoms with E-state index < -0.39 is 6.04 Å². The standard InChI is InChI=1S/C33H30Cl2N4O2/c1-3-4-20-36-32(40)31(29-10-5-6-11-30(29)38-22-37-27-9-7-8-23(2)21-27)39(28-18-16-26(35)17-19-28)33(41)24-12-14-25(34)15-13-24/h5-19,21,31H,3-4,20H2,1-2H3,(H,36,40). The van der Waals surface area contributed by atoms with Crippen LogP contribution in [0.15, 0.2) is 107 Å². The van der Waals surface area contributed by atoms with Crippen molar-refractivity contribution in [2.45, 2.75) is 32.7 Å². The van der Waals surface area contributed by atoms with Gasteiger partial charge in [0.25, 0.3) is 5.91 Å². The number of halogens is 2. The number of hydrogen-bond acceptors (Lipinski definition) is 4. The fraction of sp³-hybridized carbons (Fsp3) is 0.182. The van der Waals surface area contributed by atoms with Gasteiger partial charge in [-0.25, -0.2) is 0 Å². The highest BCUT2D eigenvalue weighted by molar-refractivity contribution is 6.31. The van der Waals surface area contributed by atoms with Gasteiger partial charge in [-0.1, -0.05) is 66.9 Å². The van der Waals surface area contributed by atoms with Crippen LogP contribution < -0.4 is 10.2 Å². The average Bonchev–Trinajstić information content (AvgIpc) is 2.97. The van der Waals surface area contributed by atoms with Crippen LogP contribution in [0, 0.1) is 6.92 Å². The Hall–Kier alpha value is -4.22. The molecule has 1 atom stereocenters. The SMILES string of the molecule is CCCCNC(=O)C(c1ccccc1N=C=Nc1cccc(C)c1)N(C(=O)c1ccc(Cl)cc1)c1ccc(Cl)cc1. The maximum Gasteiger partial charge on any atom is 0.259 e. The lowest BCUT2D eigenvalue weighted by Gasteiger charge is -2.32. The topological polar surface area (TPSA) is 74.1 Å². The van der Waals surface area contributed by atoms with Gasteiger partial charge in [0.2, 0.25) is 5.91 Å². The molecule has 0 saturated heterocycles.